The second kappa shape index (κ2) is 11.1. The Bertz CT molecular complexity index is 990. The van der Waals surface area contributed by atoms with Crippen molar-refractivity contribution in [1.29, 1.82) is 0 Å². The molecule has 1 spiro atoms. The molecule has 3 fully saturated rings. The summed E-state index contributed by atoms with van der Waals surface area (Å²) in [6, 6.07) is -0.180. The van der Waals surface area contributed by atoms with E-state index in [-0.39, 0.29) is 23.8 Å². The number of Topliss-reactive ketones (excluding diaryl/α,β-unsaturated/α-hetero) is 1. The van der Waals surface area contributed by atoms with Gasteiger partial charge in [0.2, 0.25) is 0 Å². The fourth-order valence-electron chi connectivity index (χ4n) is 7.16. The van der Waals surface area contributed by atoms with E-state index in [1.807, 2.05) is 52.8 Å². The summed E-state index contributed by atoms with van der Waals surface area (Å²) in [7, 11) is 3.83. The molecule has 39 heavy (non-hydrogen) atoms. The minimum Gasteiger partial charge on any atom is -0.458 e. The number of ketones is 1. The predicted molar refractivity (Wildman–Crippen MR) is 148 cm³/mol. The third kappa shape index (κ3) is 5.28. The molecule has 0 amide bonds. The molecule has 0 aromatic heterocycles. The zero-order valence-corrected chi connectivity index (χ0v) is 26.3. The Kier molecular flexibility index (Phi) is 8.82. The lowest BCUT2D eigenvalue weighted by molar-refractivity contribution is -0.322. The summed E-state index contributed by atoms with van der Waals surface area (Å²) in [5, 5.41) is 11.8. The summed E-state index contributed by atoms with van der Waals surface area (Å²) < 4.78 is 32.4. The average molecular weight is 617 g/mol. The van der Waals surface area contributed by atoms with Gasteiger partial charge in [-0.05, 0) is 72.7 Å². The number of alkyl halides is 1. The first kappa shape index (κ1) is 31.1. The third-order valence-corrected chi connectivity index (χ3v) is 9.88. The van der Waals surface area contributed by atoms with E-state index < -0.39 is 59.4 Å². The Labute approximate surface area is 241 Å². The summed E-state index contributed by atoms with van der Waals surface area (Å²) in [5.74, 6) is -3.84. The molecule has 0 aliphatic carbocycles. The number of esters is 1. The van der Waals surface area contributed by atoms with E-state index >= 15 is 0 Å². The number of aliphatic hydroxyl groups excluding tert-OH is 1. The molecule has 0 aromatic carbocycles. The molecule has 3 bridgehead atoms. The topological polar surface area (TPSA) is 104 Å². The van der Waals surface area contributed by atoms with E-state index in [1.165, 1.54) is 0 Å². The van der Waals surface area contributed by atoms with Crippen LogP contribution in [0.15, 0.2) is 11.6 Å². The monoisotopic (exact) mass is 615 g/mol. The number of likely N-dealkylation sites (N-methyl/N-ethyl adjacent to an activating group) is 1. The maximum atomic E-state index is 13.8. The van der Waals surface area contributed by atoms with Crippen LogP contribution in [0.1, 0.15) is 67.7 Å². The molecule has 9 nitrogen and oxygen atoms in total. The minimum atomic E-state index is -1.09. The van der Waals surface area contributed by atoms with Gasteiger partial charge in [0, 0.05) is 23.2 Å². The normalized spacial score (nSPS) is 48.9. The van der Waals surface area contributed by atoms with E-state index in [4.69, 9.17) is 23.7 Å². The Balaban J connectivity index is 1.79. The van der Waals surface area contributed by atoms with Crippen LogP contribution in [-0.2, 0) is 33.3 Å². The van der Waals surface area contributed by atoms with Crippen LogP contribution in [0, 0.1) is 17.8 Å². The van der Waals surface area contributed by atoms with Crippen LogP contribution >= 0.6 is 15.9 Å². The van der Waals surface area contributed by atoms with Gasteiger partial charge in [0.15, 0.2) is 17.9 Å². The fourth-order valence-corrected chi connectivity index (χ4v) is 7.72. The summed E-state index contributed by atoms with van der Waals surface area (Å²) in [4.78, 5) is 29.1. The Morgan fingerprint density at radius 3 is 2.41 bits per heavy atom. The van der Waals surface area contributed by atoms with Gasteiger partial charge in [-0.1, -0.05) is 36.7 Å². The van der Waals surface area contributed by atoms with Gasteiger partial charge in [0.05, 0.1) is 17.8 Å². The molecule has 0 radical (unpaired) electrons. The summed E-state index contributed by atoms with van der Waals surface area (Å²) in [6.45, 7) is 13.1. The molecular formula is C29H46BrNO8. The molecule has 0 aromatic rings. The van der Waals surface area contributed by atoms with Gasteiger partial charge in [-0.25, -0.2) is 0 Å². The van der Waals surface area contributed by atoms with Gasteiger partial charge in [0.25, 0.3) is 0 Å². The second-order valence-electron chi connectivity index (χ2n) is 12.7. The average Bonchev–Trinajstić information content (AvgIpc) is 3.31. The van der Waals surface area contributed by atoms with Gasteiger partial charge < -0.3 is 33.7 Å². The maximum Gasteiger partial charge on any atom is 0.316 e. The minimum absolute atomic E-state index is 0.0986. The summed E-state index contributed by atoms with van der Waals surface area (Å²) in [6.07, 6.45) is 0.207. The highest BCUT2D eigenvalue weighted by Gasteiger charge is 2.65. The van der Waals surface area contributed by atoms with Crippen LogP contribution in [0.4, 0.5) is 0 Å². The summed E-state index contributed by atoms with van der Waals surface area (Å²) in [5.41, 5.74) is -1.01. The number of hydrogen-bond donors (Lipinski definition) is 1. The molecule has 12 atom stereocenters. The van der Waals surface area contributed by atoms with Gasteiger partial charge in [-0.2, -0.15) is 0 Å². The third-order valence-electron chi connectivity index (χ3n) is 9.28. The lowest BCUT2D eigenvalue weighted by atomic mass is 9.79. The van der Waals surface area contributed by atoms with Crippen molar-refractivity contribution in [2.45, 2.75) is 121 Å². The molecule has 10 heteroatoms. The Morgan fingerprint density at radius 1 is 1.15 bits per heavy atom. The maximum absolute atomic E-state index is 13.8. The standard InChI is InChI=1S/C29H46BrNO8/c1-10-21-27(6)13-19(14-30)29(38-27)15(2)12-28(7,39-29)24(17(4)22(32)18(5)25(34)36-21)37-26-23(33)20(31(8)9)11-16(3)35-26/h13,15-18,20-21,23-24,26,33H,10-12,14H2,1-9H3/t15-,16-,17+,18-,20+,21-,23-,24-,26+,27?,28-,29?/m1/s1. The molecule has 222 valence electrons. The fraction of sp³-hybridized carbons (Fsp3) is 0.862. The van der Waals surface area contributed by atoms with Gasteiger partial charge >= 0.3 is 5.97 Å². The predicted octanol–water partition coefficient (Wildman–Crippen LogP) is 3.60. The first-order valence-electron chi connectivity index (χ1n) is 14.2. The van der Waals surface area contributed by atoms with Gasteiger partial charge in [-0.15, -0.1) is 0 Å². The lowest BCUT2D eigenvalue weighted by Gasteiger charge is -2.46. The van der Waals surface area contributed by atoms with Crippen molar-refractivity contribution in [1.82, 2.24) is 4.90 Å². The van der Waals surface area contributed by atoms with E-state index in [0.717, 1.165) is 5.57 Å². The smallest absolute Gasteiger partial charge is 0.316 e. The van der Waals surface area contributed by atoms with Crippen molar-refractivity contribution in [2.75, 3.05) is 19.4 Å². The SMILES string of the molecule is CC[C@H]1OC(=O)[C@H](C)C(=O)[C@H](C)[C@@H](O[C@@H]2O[C@H](C)C[C@H](N(C)C)[C@H]2O)[C@@]2(C)C[C@@H](C)C3(OC1(C)C=C3CBr)O2. The van der Waals surface area contributed by atoms with Crippen LogP contribution in [0.3, 0.4) is 0 Å². The molecule has 4 rings (SSSR count). The van der Waals surface area contributed by atoms with E-state index in [0.29, 0.717) is 24.6 Å². The highest BCUT2D eigenvalue weighted by molar-refractivity contribution is 9.09. The summed E-state index contributed by atoms with van der Waals surface area (Å²) >= 11 is 3.63. The first-order valence-corrected chi connectivity index (χ1v) is 15.3. The van der Waals surface area contributed by atoms with Crippen molar-refractivity contribution >= 4 is 27.7 Å². The molecule has 4 aliphatic heterocycles. The number of halogens is 1. The largest absolute Gasteiger partial charge is 0.458 e. The Hall–Kier alpha value is -0.880. The number of cyclic esters (lactones) is 1. The van der Waals surface area contributed by atoms with Crippen LogP contribution in [0.25, 0.3) is 0 Å². The van der Waals surface area contributed by atoms with Crippen molar-refractivity contribution in [3.05, 3.63) is 11.6 Å². The second-order valence-corrected chi connectivity index (χ2v) is 13.2. The number of hydrogen-bond acceptors (Lipinski definition) is 9. The number of carbonyl (C=O) groups is 2. The van der Waals surface area contributed by atoms with Gasteiger partial charge in [0.1, 0.15) is 23.7 Å². The van der Waals surface area contributed by atoms with E-state index in [2.05, 4.69) is 22.9 Å². The molecule has 3 saturated heterocycles. The number of fused-ring (bicyclic) bond motifs is 2. The number of nitrogens with zero attached hydrogens (tertiary/aromatic N) is 1. The molecule has 4 heterocycles. The highest BCUT2D eigenvalue weighted by atomic mass is 79.9. The molecule has 2 unspecified atom stereocenters. The first-order chi connectivity index (χ1) is 18.1. The van der Waals surface area contributed by atoms with Crippen LogP contribution in [0.2, 0.25) is 0 Å². The Morgan fingerprint density at radius 2 is 1.82 bits per heavy atom. The van der Waals surface area contributed by atoms with E-state index in [9.17, 15) is 14.7 Å². The number of aliphatic hydroxyl groups is 1. The van der Waals surface area contributed by atoms with Crippen molar-refractivity contribution in [2.24, 2.45) is 17.8 Å². The quantitative estimate of drug-likeness (QED) is 0.215. The number of carbonyl (C=O) groups excluding carboxylic acids is 2. The zero-order chi connectivity index (χ0) is 29.1. The number of ether oxygens (including phenoxy) is 5. The van der Waals surface area contributed by atoms with Crippen LogP contribution < -0.4 is 0 Å². The zero-order valence-electron chi connectivity index (χ0n) is 24.7. The number of rotatable bonds is 5. The van der Waals surface area contributed by atoms with Crippen LogP contribution in [0.5, 0.6) is 0 Å². The van der Waals surface area contributed by atoms with Crippen molar-refractivity contribution < 1.29 is 38.4 Å². The van der Waals surface area contributed by atoms with Crippen LogP contribution in [-0.4, -0.2) is 94.9 Å². The molecule has 0 saturated carbocycles. The molecular weight excluding hydrogens is 570 g/mol. The van der Waals surface area contributed by atoms with Crippen molar-refractivity contribution in [3.8, 4) is 0 Å². The molecule has 1 N–H and O–H groups in total. The van der Waals surface area contributed by atoms with E-state index in [1.54, 1.807) is 13.8 Å². The van der Waals surface area contributed by atoms with Gasteiger partial charge in [-0.3, -0.25) is 9.59 Å². The highest BCUT2D eigenvalue weighted by Crippen LogP contribution is 2.56. The molecule has 4 aliphatic rings. The lowest BCUT2D eigenvalue weighted by Crippen LogP contribution is -2.59. The van der Waals surface area contributed by atoms with Crippen molar-refractivity contribution in [3.63, 3.8) is 0 Å².